The number of hydrogen-bond acceptors (Lipinski definition) is 1. The van der Waals surface area contributed by atoms with Gasteiger partial charge in [-0.05, 0) is 10.8 Å². The summed E-state index contributed by atoms with van der Waals surface area (Å²) in [6.45, 7) is 13.5. The summed E-state index contributed by atoms with van der Waals surface area (Å²) in [5.74, 6) is 0. The maximum atomic E-state index is 5.68. The summed E-state index contributed by atoms with van der Waals surface area (Å²) in [4.78, 5) is 0. The van der Waals surface area contributed by atoms with E-state index in [-0.39, 0.29) is 0 Å². The second kappa shape index (κ2) is 2.74. The molecule has 1 fully saturated rings. The molecule has 2 heteroatoms. The monoisotopic (exact) mass is 187 g/mol. The molecule has 0 radical (unpaired) electrons. The van der Waals surface area contributed by atoms with E-state index < -0.39 is 0 Å². The molecule has 12 heavy (non-hydrogen) atoms. The van der Waals surface area contributed by atoms with Gasteiger partial charge in [-0.3, -0.25) is 0 Å². The van der Waals surface area contributed by atoms with Gasteiger partial charge < -0.3 is 5.32 Å². The van der Waals surface area contributed by atoms with Crippen LogP contribution >= 0.6 is 11.6 Å². The fraction of sp³-hybridized carbons (Fsp3) is 0.800. The number of rotatable bonds is 3. The van der Waals surface area contributed by atoms with Crippen molar-refractivity contribution in [2.45, 2.75) is 33.7 Å². The molecule has 0 aliphatic heterocycles. The van der Waals surface area contributed by atoms with Gasteiger partial charge in [0.05, 0.1) is 0 Å². The number of nitrogens with one attached hydrogen (secondary N) is 1. The Labute approximate surface area is 80.2 Å². The van der Waals surface area contributed by atoms with Crippen LogP contribution in [0.3, 0.4) is 0 Å². The summed E-state index contributed by atoms with van der Waals surface area (Å²) in [5.41, 5.74) is 0.776. The van der Waals surface area contributed by atoms with Crippen LogP contribution in [0.2, 0.25) is 0 Å². The number of hydrogen-bond donors (Lipinski definition) is 1. The Balaban J connectivity index is 2.44. The maximum Gasteiger partial charge on any atom is 0.0310 e. The van der Waals surface area contributed by atoms with Gasteiger partial charge in [-0.15, -0.1) is 0 Å². The van der Waals surface area contributed by atoms with Gasteiger partial charge in [-0.25, -0.2) is 0 Å². The Morgan fingerprint density at radius 1 is 1.33 bits per heavy atom. The second-order valence-corrected chi connectivity index (χ2v) is 5.31. The SMILES string of the molecule is C=C(Cl)CNC1C(C)(C)C1(C)C. The zero-order valence-electron chi connectivity index (χ0n) is 8.37. The van der Waals surface area contributed by atoms with E-state index in [1.54, 1.807) is 0 Å². The molecule has 70 valence electrons. The van der Waals surface area contributed by atoms with Crippen molar-refractivity contribution < 1.29 is 0 Å². The van der Waals surface area contributed by atoms with Crippen molar-refractivity contribution >= 4 is 11.6 Å². The predicted octanol–water partition coefficient (Wildman–Crippen LogP) is 2.76. The minimum atomic E-state index is 0.388. The highest BCUT2D eigenvalue weighted by Crippen LogP contribution is 2.62. The van der Waals surface area contributed by atoms with E-state index in [0.29, 0.717) is 21.9 Å². The van der Waals surface area contributed by atoms with Gasteiger partial charge in [-0.2, -0.15) is 0 Å². The molecule has 1 nitrogen and oxygen atoms in total. The topological polar surface area (TPSA) is 12.0 Å². The van der Waals surface area contributed by atoms with Crippen LogP contribution in [0, 0.1) is 10.8 Å². The lowest BCUT2D eigenvalue weighted by Gasteiger charge is -2.03. The first kappa shape index (κ1) is 10.1. The Morgan fingerprint density at radius 3 is 2.00 bits per heavy atom. The first-order valence-corrected chi connectivity index (χ1v) is 4.74. The van der Waals surface area contributed by atoms with Crippen molar-refractivity contribution in [2.75, 3.05) is 6.54 Å². The summed E-state index contributed by atoms with van der Waals surface area (Å²) >= 11 is 5.68. The van der Waals surface area contributed by atoms with E-state index in [9.17, 15) is 0 Å². The molecule has 1 aliphatic rings. The largest absolute Gasteiger partial charge is 0.308 e. The molecular weight excluding hydrogens is 170 g/mol. The molecule has 1 aliphatic carbocycles. The molecule has 0 amide bonds. The summed E-state index contributed by atoms with van der Waals surface area (Å²) in [6.07, 6.45) is 0. The van der Waals surface area contributed by atoms with Crippen LogP contribution in [0.15, 0.2) is 11.6 Å². The molecule has 0 atom stereocenters. The van der Waals surface area contributed by atoms with E-state index in [2.05, 4.69) is 39.6 Å². The van der Waals surface area contributed by atoms with Gasteiger partial charge in [-0.1, -0.05) is 45.9 Å². The molecule has 0 bridgehead atoms. The molecule has 1 rings (SSSR count). The van der Waals surface area contributed by atoms with Crippen LogP contribution in [-0.4, -0.2) is 12.6 Å². The molecule has 1 saturated carbocycles. The zero-order chi connectivity index (χ0) is 9.57. The molecule has 0 heterocycles. The van der Waals surface area contributed by atoms with E-state index in [4.69, 9.17) is 11.6 Å². The zero-order valence-corrected chi connectivity index (χ0v) is 9.13. The highest BCUT2D eigenvalue weighted by Gasteiger charge is 2.64. The molecule has 0 unspecified atom stereocenters. The molecule has 0 aromatic carbocycles. The Bertz CT molecular complexity index is 192. The fourth-order valence-electron chi connectivity index (χ4n) is 1.92. The molecule has 0 aromatic rings. The third-order valence-corrected chi connectivity index (χ3v) is 3.65. The van der Waals surface area contributed by atoms with Gasteiger partial charge in [0.1, 0.15) is 0 Å². The summed E-state index contributed by atoms with van der Waals surface area (Å²) in [6, 6.07) is 0.570. The first-order chi connectivity index (χ1) is 5.30. The minimum Gasteiger partial charge on any atom is -0.308 e. The highest BCUT2D eigenvalue weighted by atomic mass is 35.5. The van der Waals surface area contributed by atoms with Crippen LogP contribution in [0.5, 0.6) is 0 Å². The molecular formula is C10H18ClN. The van der Waals surface area contributed by atoms with Crippen molar-refractivity contribution in [3.05, 3.63) is 11.6 Å². The molecule has 0 aromatic heterocycles. The van der Waals surface area contributed by atoms with Crippen LogP contribution in [0.4, 0.5) is 0 Å². The third-order valence-electron chi connectivity index (χ3n) is 3.52. The normalized spacial score (nSPS) is 25.4. The maximum absolute atomic E-state index is 5.68. The van der Waals surface area contributed by atoms with E-state index in [0.717, 1.165) is 6.54 Å². The average molecular weight is 188 g/mol. The van der Waals surface area contributed by atoms with Crippen molar-refractivity contribution in [1.29, 1.82) is 0 Å². The summed E-state index contributed by atoms with van der Waals surface area (Å²) in [5, 5.41) is 4.09. The van der Waals surface area contributed by atoms with Crippen molar-refractivity contribution in [3.8, 4) is 0 Å². The Morgan fingerprint density at radius 2 is 1.75 bits per heavy atom. The van der Waals surface area contributed by atoms with Crippen LogP contribution in [0.1, 0.15) is 27.7 Å². The molecule has 0 saturated heterocycles. The predicted molar refractivity (Wildman–Crippen MR) is 54.3 cm³/mol. The van der Waals surface area contributed by atoms with Crippen LogP contribution < -0.4 is 5.32 Å². The minimum absolute atomic E-state index is 0.388. The highest BCUT2D eigenvalue weighted by molar-refractivity contribution is 6.29. The molecule has 0 spiro atoms. The van der Waals surface area contributed by atoms with Gasteiger partial charge in [0.25, 0.3) is 0 Å². The Hall–Kier alpha value is -0.0100. The quantitative estimate of drug-likeness (QED) is 0.717. The van der Waals surface area contributed by atoms with E-state index in [1.165, 1.54) is 0 Å². The fourth-order valence-corrected chi connectivity index (χ4v) is 2.00. The third kappa shape index (κ3) is 1.40. The van der Waals surface area contributed by atoms with E-state index >= 15 is 0 Å². The lowest BCUT2D eigenvalue weighted by Crippen LogP contribution is -2.23. The standard InChI is InChI=1S/C10H18ClN/c1-7(11)6-12-8-9(2,3)10(8,4)5/h8,12H,1,6H2,2-5H3. The Kier molecular flexibility index (Phi) is 2.30. The van der Waals surface area contributed by atoms with Crippen molar-refractivity contribution in [2.24, 2.45) is 10.8 Å². The van der Waals surface area contributed by atoms with Crippen molar-refractivity contribution in [1.82, 2.24) is 5.32 Å². The van der Waals surface area contributed by atoms with Gasteiger partial charge >= 0.3 is 0 Å². The second-order valence-electron chi connectivity index (χ2n) is 4.77. The lowest BCUT2D eigenvalue weighted by molar-refractivity contribution is 0.457. The van der Waals surface area contributed by atoms with Gasteiger partial charge in [0.2, 0.25) is 0 Å². The summed E-state index contributed by atoms with van der Waals surface area (Å²) in [7, 11) is 0. The smallest absolute Gasteiger partial charge is 0.0310 e. The lowest BCUT2D eigenvalue weighted by atomic mass is 10.0. The average Bonchev–Trinajstić information content (AvgIpc) is 2.21. The van der Waals surface area contributed by atoms with Crippen LogP contribution in [-0.2, 0) is 0 Å². The molecule has 1 N–H and O–H groups in total. The number of halogens is 1. The van der Waals surface area contributed by atoms with E-state index in [1.807, 2.05) is 0 Å². The van der Waals surface area contributed by atoms with Crippen molar-refractivity contribution in [3.63, 3.8) is 0 Å². The van der Waals surface area contributed by atoms with Gasteiger partial charge in [0.15, 0.2) is 0 Å². The van der Waals surface area contributed by atoms with Crippen LogP contribution in [0.25, 0.3) is 0 Å². The summed E-state index contributed by atoms with van der Waals surface area (Å²) < 4.78 is 0. The van der Waals surface area contributed by atoms with Gasteiger partial charge in [0, 0.05) is 17.6 Å². The first-order valence-electron chi connectivity index (χ1n) is 4.37.